The van der Waals surface area contributed by atoms with Crippen LogP contribution in [0.4, 0.5) is 23.8 Å². The number of ether oxygens (including phenoxy) is 5. The normalized spacial score (nSPS) is 13.5. The van der Waals surface area contributed by atoms with Gasteiger partial charge in [0, 0.05) is 144 Å². The molecule has 0 unspecified atom stereocenters. The number of anilines is 4. The summed E-state index contributed by atoms with van der Waals surface area (Å²) in [4.78, 5) is 65.4. The van der Waals surface area contributed by atoms with E-state index < -0.39 is 0 Å². The largest absolute Gasteiger partial charge is 0.491 e. The van der Waals surface area contributed by atoms with E-state index in [0.29, 0.717) is 157 Å². The molecule has 0 bridgehead atoms. The molecule has 4 aromatic carbocycles. The molecular weight excluding hydrogens is 1620 g/mol. The average Bonchev–Trinajstić information content (AvgIpc) is 0.950. The highest BCUT2D eigenvalue weighted by Crippen LogP contribution is 2.52. The summed E-state index contributed by atoms with van der Waals surface area (Å²) in [5.74, 6) is 2.91. The van der Waals surface area contributed by atoms with E-state index in [2.05, 4.69) is 85.1 Å². The topological polar surface area (TPSA) is 336 Å². The van der Waals surface area contributed by atoms with E-state index in [1.807, 2.05) is 20.0 Å². The summed E-state index contributed by atoms with van der Waals surface area (Å²) >= 11 is 56.8. The van der Waals surface area contributed by atoms with Gasteiger partial charge in [0.05, 0.1) is 109 Å². The van der Waals surface area contributed by atoms with Crippen LogP contribution in [0.2, 0.25) is 40.2 Å². The summed E-state index contributed by atoms with van der Waals surface area (Å²) in [6.07, 6.45) is 7.29. The monoisotopic (exact) mass is 1690 g/mol. The number of carbonyl (C=O) groups is 2. The van der Waals surface area contributed by atoms with Crippen molar-refractivity contribution in [2.24, 2.45) is 0 Å². The van der Waals surface area contributed by atoms with Gasteiger partial charge in [-0.05, 0) is 74.2 Å². The number of nitrogens with two attached hydrogens (primary N) is 4. The van der Waals surface area contributed by atoms with Crippen LogP contribution in [0.5, 0.6) is 23.0 Å². The molecule has 23 nitrogen and oxygen atoms in total. The van der Waals surface area contributed by atoms with Crippen LogP contribution in [0.25, 0.3) is 97.3 Å². The highest BCUT2D eigenvalue weighted by molar-refractivity contribution is 7.21. The molecule has 1 saturated carbocycles. The number of nitrogens with one attached hydrogen (secondary N) is 4. The number of amides is 2. The van der Waals surface area contributed by atoms with Gasteiger partial charge in [-0.1, -0.05) is 113 Å². The molecule has 0 saturated heterocycles. The Balaban J connectivity index is 0.000000125. The van der Waals surface area contributed by atoms with E-state index >= 15 is 0 Å². The number of thiophene rings is 4. The minimum Gasteiger partial charge on any atom is -0.491 e. The lowest BCUT2D eigenvalue weighted by Gasteiger charge is -2.28. The van der Waals surface area contributed by atoms with E-state index in [9.17, 15) is 9.59 Å². The fourth-order valence-electron chi connectivity index (χ4n) is 12.7. The maximum Gasteiger partial charge on any atom is 0.261 e. The molecule has 12 heterocycles. The highest BCUT2D eigenvalue weighted by Gasteiger charge is 2.32. The number of methoxy groups -OCH3 is 1. The zero-order chi connectivity index (χ0) is 76.7. The maximum atomic E-state index is 12.4. The second-order valence-corrected chi connectivity index (χ2v) is 32.1. The smallest absolute Gasteiger partial charge is 0.261 e. The molecule has 4 aliphatic heterocycles. The van der Waals surface area contributed by atoms with E-state index in [1.54, 1.807) is 69.0 Å². The number of rotatable bonds is 13. The summed E-state index contributed by atoms with van der Waals surface area (Å²) < 4.78 is 26.9. The van der Waals surface area contributed by atoms with Gasteiger partial charge in [-0.15, -0.1) is 45.3 Å². The van der Waals surface area contributed by atoms with Crippen molar-refractivity contribution in [3.8, 4) is 68.0 Å². The molecule has 12 aromatic rings. The van der Waals surface area contributed by atoms with Crippen LogP contribution in [-0.4, -0.2) is 119 Å². The van der Waals surface area contributed by atoms with Crippen LogP contribution < -0.4 is 63.1 Å². The Labute approximate surface area is 674 Å². The quantitative estimate of drug-likeness (QED) is 0.0531. The number of hydrogen-bond donors (Lipinski definition) is 8. The third kappa shape index (κ3) is 15.7. The lowest BCUT2D eigenvalue weighted by atomic mass is 9.93. The molecule has 0 atom stereocenters. The highest BCUT2D eigenvalue weighted by atomic mass is 35.5. The van der Waals surface area contributed by atoms with Crippen LogP contribution in [0.3, 0.4) is 0 Å². The fraction of sp³-hybridized carbons (Fsp3) is 0.260. The van der Waals surface area contributed by atoms with Crippen molar-refractivity contribution in [2.45, 2.75) is 64.3 Å². The van der Waals surface area contributed by atoms with Gasteiger partial charge in [0.2, 0.25) is 23.8 Å². The Bertz CT molecular complexity index is 5470. The van der Waals surface area contributed by atoms with Crippen LogP contribution >= 0.6 is 138 Å². The van der Waals surface area contributed by atoms with Gasteiger partial charge in [0.15, 0.2) is 0 Å². The minimum absolute atomic E-state index is 0.117. The summed E-state index contributed by atoms with van der Waals surface area (Å²) in [5.41, 5.74) is 34.9. The Kier molecular flexibility index (Phi) is 23.9. The number of nitrogen functional groups attached to an aromatic ring is 4. The van der Waals surface area contributed by atoms with Crippen LogP contribution in [0, 0.1) is 0 Å². The van der Waals surface area contributed by atoms with Gasteiger partial charge in [0.25, 0.3) is 11.8 Å². The summed E-state index contributed by atoms with van der Waals surface area (Å²) in [7, 11) is 6.65. The van der Waals surface area contributed by atoms with Crippen molar-refractivity contribution in [1.29, 1.82) is 0 Å². The molecule has 560 valence electrons. The van der Waals surface area contributed by atoms with Gasteiger partial charge in [-0.3, -0.25) is 9.59 Å². The van der Waals surface area contributed by atoms with E-state index in [0.717, 1.165) is 116 Å². The van der Waals surface area contributed by atoms with Crippen LogP contribution in [-0.2, 0) is 30.4 Å². The zero-order valence-corrected chi connectivity index (χ0v) is 67.5. The number of hydrogen-bond acceptors (Lipinski definition) is 25. The third-order valence-electron chi connectivity index (χ3n) is 17.7. The van der Waals surface area contributed by atoms with Gasteiger partial charge in [-0.25, -0.2) is 39.9 Å². The van der Waals surface area contributed by atoms with Gasteiger partial charge < -0.3 is 67.9 Å². The predicted octanol–water partition coefficient (Wildman–Crippen LogP) is 17.8. The maximum absolute atomic E-state index is 12.4. The first-order chi connectivity index (χ1) is 51.9. The number of carbonyl (C=O) groups excluding carboxylic acids is 2. The molecule has 8 aromatic heterocycles. The first-order valence-corrected chi connectivity index (χ1v) is 39.8. The SMILES string of the molecule is C=C(NC)c1cc2c(-c3c(Cl)cc(Cl)c4c3CCO4)nc(N)nc2s1.C=C(NC1CCC1)c1cc2c(-c3c(Cl)cc(Cl)c4c3CCO4)nc(N)nc2s1.CCCNC(=O)c1cc2c(-c3c(Cl)cc(Cl)c4c3CCO4)nc(N)nc2s1.CNC(=O)c1cc2c(-c3c(Cl)cc(Cl)c4c3CCO4)nc(N)nc2s1.COC. The molecule has 0 spiro atoms. The molecule has 1 aliphatic carbocycles. The molecule has 5 aliphatic rings. The number of aromatic nitrogens is 8. The molecule has 35 heteroatoms. The van der Waals surface area contributed by atoms with Gasteiger partial charge in [0.1, 0.15) is 42.3 Å². The van der Waals surface area contributed by atoms with Gasteiger partial charge >= 0.3 is 0 Å². The molecule has 108 heavy (non-hydrogen) atoms. The van der Waals surface area contributed by atoms with E-state index in [-0.39, 0.29) is 35.6 Å². The second-order valence-electron chi connectivity index (χ2n) is 24.7. The van der Waals surface area contributed by atoms with Crippen LogP contribution in [0.15, 0.2) is 61.7 Å². The van der Waals surface area contributed by atoms with Crippen molar-refractivity contribution < 1.29 is 33.3 Å². The molecular formula is C73H66Cl8N16O7S4. The van der Waals surface area contributed by atoms with E-state index in [4.69, 9.17) is 135 Å². The average molecular weight is 1690 g/mol. The number of benzene rings is 4. The predicted molar refractivity (Wildman–Crippen MR) is 443 cm³/mol. The molecule has 0 radical (unpaired) electrons. The summed E-state index contributed by atoms with van der Waals surface area (Å²) in [6.45, 7) is 13.0. The lowest BCUT2D eigenvalue weighted by molar-refractivity contribution is 0.0953. The minimum atomic E-state index is -0.191. The van der Waals surface area contributed by atoms with Crippen molar-refractivity contribution in [2.75, 3.05) is 84.2 Å². The lowest BCUT2D eigenvalue weighted by Crippen LogP contribution is -2.33. The Morgan fingerprint density at radius 2 is 0.750 bits per heavy atom. The Morgan fingerprint density at radius 1 is 0.454 bits per heavy atom. The second kappa shape index (κ2) is 33.1. The summed E-state index contributed by atoms with van der Waals surface area (Å²) in [5, 5.41) is 19.2. The number of halogens is 8. The Hall–Kier alpha value is -8.26. The Morgan fingerprint density at radius 3 is 1.04 bits per heavy atom. The summed E-state index contributed by atoms with van der Waals surface area (Å²) in [6, 6.07) is 14.8. The molecule has 12 N–H and O–H groups in total. The molecule has 2 amide bonds. The molecule has 1 fully saturated rings. The number of fused-ring (bicyclic) bond motifs is 8. The van der Waals surface area contributed by atoms with Crippen molar-refractivity contribution >= 4 is 226 Å². The van der Waals surface area contributed by atoms with Crippen molar-refractivity contribution in [1.82, 2.24) is 61.1 Å². The van der Waals surface area contributed by atoms with E-state index in [1.165, 1.54) is 53.3 Å². The molecule has 17 rings (SSSR count). The standard InChI is InChI=1S/C20H18Cl2N4OS.C18H16Cl2N4O2S.C17H14Cl2N4OS.C16H12Cl2N4O2S.C2H6O/c1-9(24-10-3-2-4-10)15-7-12-17(25-20(23)26-19(12)28-15)16-11-5-6-27-18(11)14(22)8-13(16)21;1-2-4-22-16(25)12-6-9-14(23-18(21)24-17(9)27-12)13-8-3-5-26-15(8)11(20)7-10(13)19;1-7(21-2)12-5-9-14(22-17(20)23-16(9)25-12)13-8-3-4-24-15(8)11(19)6-10(13)18;1-20-14(23)10-4-7-12(21-16(19)22-15(7)25-10)11-6-2-3-24-13(6)9(18)5-8(11)17;1-3-2/h7-8,10,24H,1-6H2,(H2,23,25,26);6-7H,2-5H2,1H3,(H,22,25)(H2,21,23,24);5-6,21H,1,3-4H2,2H3,(H2,20,22,23);4-5H,2-3H2,1H3,(H,20,23)(H2,19,21,22);1-2H3. The van der Waals surface area contributed by atoms with Crippen LogP contribution in [0.1, 0.15) is 84.0 Å². The first-order valence-electron chi connectivity index (χ1n) is 33.5. The van der Waals surface area contributed by atoms with Crippen molar-refractivity contribution in [3.63, 3.8) is 0 Å². The number of nitrogens with zero attached hydrogens (tertiary/aromatic N) is 8. The van der Waals surface area contributed by atoms with Gasteiger partial charge in [-0.2, -0.15) is 0 Å². The first kappa shape index (κ1) is 77.9. The fourth-order valence-corrected chi connectivity index (χ4v) is 19.2. The third-order valence-corrected chi connectivity index (χ3v) is 24.3. The zero-order valence-electron chi connectivity index (χ0n) is 58.2. The van der Waals surface area contributed by atoms with Crippen molar-refractivity contribution in [3.05, 3.63) is 144 Å².